The maximum absolute atomic E-state index is 11.8. The lowest BCUT2D eigenvalue weighted by atomic mass is 10.0. The van der Waals surface area contributed by atoms with Crippen LogP contribution in [0.1, 0.15) is 26.3 Å². The zero-order valence-corrected chi connectivity index (χ0v) is 12.2. The molecule has 0 saturated carbocycles. The van der Waals surface area contributed by atoms with Crippen molar-refractivity contribution in [2.45, 2.75) is 33.2 Å². The second kappa shape index (κ2) is 6.92. The number of esters is 1. The predicted molar refractivity (Wildman–Crippen MR) is 75.2 cm³/mol. The molecule has 0 radical (unpaired) electrons. The fourth-order valence-electron chi connectivity index (χ4n) is 1.86. The van der Waals surface area contributed by atoms with E-state index in [1.54, 1.807) is 0 Å². The number of aromatic nitrogens is 2. The Labute approximate surface area is 114 Å². The van der Waals surface area contributed by atoms with Crippen molar-refractivity contribution in [2.75, 3.05) is 24.8 Å². The van der Waals surface area contributed by atoms with Crippen LogP contribution in [-0.4, -0.2) is 36.1 Å². The van der Waals surface area contributed by atoms with Gasteiger partial charge < -0.3 is 15.4 Å². The van der Waals surface area contributed by atoms with E-state index in [2.05, 4.69) is 20.6 Å². The molecule has 0 aliphatic carbocycles. The van der Waals surface area contributed by atoms with E-state index in [9.17, 15) is 4.79 Å². The van der Waals surface area contributed by atoms with Gasteiger partial charge in [-0.05, 0) is 12.3 Å². The van der Waals surface area contributed by atoms with Gasteiger partial charge in [0.1, 0.15) is 24.0 Å². The standard InChI is InChI=1S/C13H22N4O2/c1-6-9-11(14-4)15-7-16-12(9)17-10(8(2)3)13(18)19-5/h7-8,10H,6H2,1-5H3,(H2,14,15,16,17). The summed E-state index contributed by atoms with van der Waals surface area (Å²) in [5, 5.41) is 6.18. The van der Waals surface area contributed by atoms with Crippen LogP contribution in [0.4, 0.5) is 11.6 Å². The molecule has 0 aliphatic rings. The van der Waals surface area contributed by atoms with Crippen LogP contribution >= 0.6 is 0 Å². The topological polar surface area (TPSA) is 76.1 Å². The molecule has 0 fully saturated rings. The molecule has 0 aliphatic heterocycles. The summed E-state index contributed by atoms with van der Waals surface area (Å²) in [5.74, 6) is 1.25. The van der Waals surface area contributed by atoms with Crippen molar-refractivity contribution >= 4 is 17.6 Å². The summed E-state index contributed by atoms with van der Waals surface area (Å²) in [6.07, 6.45) is 2.24. The number of rotatable bonds is 6. The van der Waals surface area contributed by atoms with Crippen molar-refractivity contribution in [1.82, 2.24) is 9.97 Å². The Hall–Kier alpha value is -1.85. The average molecular weight is 266 g/mol. The minimum absolute atomic E-state index is 0.102. The van der Waals surface area contributed by atoms with E-state index >= 15 is 0 Å². The molecule has 0 saturated heterocycles. The largest absolute Gasteiger partial charge is 0.467 e. The first-order chi connectivity index (χ1) is 9.04. The SMILES string of the molecule is CCc1c(NC)ncnc1NC(C(=O)OC)C(C)C. The molecule has 1 aromatic heterocycles. The maximum atomic E-state index is 11.8. The molecule has 2 N–H and O–H groups in total. The van der Waals surface area contributed by atoms with E-state index in [-0.39, 0.29) is 11.9 Å². The Bertz CT molecular complexity index is 435. The summed E-state index contributed by atoms with van der Waals surface area (Å²) in [6, 6.07) is -0.421. The molecule has 0 bridgehead atoms. The van der Waals surface area contributed by atoms with Crippen LogP contribution in [0.3, 0.4) is 0 Å². The lowest BCUT2D eigenvalue weighted by Gasteiger charge is -2.22. The van der Waals surface area contributed by atoms with Crippen LogP contribution in [0.5, 0.6) is 0 Å². The number of ether oxygens (including phenoxy) is 1. The quantitative estimate of drug-likeness (QED) is 0.763. The zero-order chi connectivity index (χ0) is 14.4. The third kappa shape index (κ3) is 3.56. The van der Waals surface area contributed by atoms with E-state index < -0.39 is 6.04 Å². The van der Waals surface area contributed by atoms with E-state index in [0.29, 0.717) is 5.82 Å². The number of hydrogen-bond donors (Lipinski definition) is 2. The van der Waals surface area contributed by atoms with Crippen molar-refractivity contribution < 1.29 is 9.53 Å². The monoisotopic (exact) mass is 266 g/mol. The fraction of sp³-hybridized carbons (Fsp3) is 0.615. The van der Waals surface area contributed by atoms with Gasteiger partial charge in [-0.2, -0.15) is 0 Å². The third-order valence-electron chi connectivity index (χ3n) is 2.95. The molecule has 19 heavy (non-hydrogen) atoms. The molecular weight excluding hydrogens is 244 g/mol. The first-order valence-corrected chi connectivity index (χ1v) is 6.41. The van der Waals surface area contributed by atoms with Crippen molar-refractivity contribution in [2.24, 2.45) is 5.92 Å². The van der Waals surface area contributed by atoms with Crippen LogP contribution in [0, 0.1) is 5.92 Å². The van der Waals surface area contributed by atoms with Crippen LogP contribution < -0.4 is 10.6 Å². The number of carbonyl (C=O) groups excluding carboxylic acids is 1. The highest BCUT2D eigenvalue weighted by molar-refractivity contribution is 5.79. The minimum atomic E-state index is -0.421. The van der Waals surface area contributed by atoms with Gasteiger partial charge in [0.05, 0.1) is 7.11 Å². The molecule has 6 nitrogen and oxygen atoms in total. The van der Waals surface area contributed by atoms with E-state index in [0.717, 1.165) is 17.8 Å². The van der Waals surface area contributed by atoms with Gasteiger partial charge in [-0.15, -0.1) is 0 Å². The van der Waals surface area contributed by atoms with Gasteiger partial charge in [-0.1, -0.05) is 20.8 Å². The van der Waals surface area contributed by atoms with Crippen LogP contribution in [0.2, 0.25) is 0 Å². The van der Waals surface area contributed by atoms with Crippen molar-refractivity contribution in [3.63, 3.8) is 0 Å². The van der Waals surface area contributed by atoms with Crippen molar-refractivity contribution in [3.05, 3.63) is 11.9 Å². The van der Waals surface area contributed by atoms with Gasteiger partial charge in [0.2, 0.25) is 0 Å². The predicted octanol–water partition coefficient (Wildman–Crippen LogP) is 1.69. The Balaban J connectivity index is 3.06. The van der Waals surface area contributed by atoms with Crippen LogP contribution in [-0.2, 0) is 16.0 Å². The first kappa shape index (κ1) is 15.2. The summed E-state index contributed by atoms with van der Waals surface area (Å²) in [4.78, 5) is 20.2. The number of anilines is 2. The summed E-state index contributed by atoms with van der Waals surface area (Å²) < 4.78 is 4.82. The summed E-state index contributed by atoms with van der Waals surface area (Å²) in [7, 11) is 3.20. The average Bonchev–Trinajstić information content (AvgIpc) is 2.42. The molecule has 1 aromatic rings. The molecule has 1 heterocycles. The van der Waals surface area contributed by atoms with Gasteiger partial charge in [0.15, 0.2) is 0 Å². The summed E-state index contributed by atoms with van der Waals surface area (Å²) >= 11 is 0. The number of carbonyl (C=O) groups is 1. The molecule has 0 aromatic carbocycles. The van der Waals surface area contributed by atoms with E-state index in [4.69, 9.17) is 4.74 Å². The van der Waals surface area contributed by atoms with Gasteiger partial charge in [-0.25, -0.2) is 14.8 Å². The molecule has 0 amide bonds. The van der Waals surface area contributed by atoms with Gasteiger partial charge in [-0.3, -0.25) is 0 Å². The summed E-state index contributed by atoms with van der Waals surface area (Å²) in [5.41, 5.74) is 0.958. The highest BCUT2D eigenvalue weighted by atomic mass is 16.5. The van der Waals surface area contributed by atoms with Gasteiger partial charge in [0.25, 0.3) is 0 Å². The van der Waals surface area contributed by atoms with E-state index in [1.165, 1.54) is 13.4 Å². The molecular formula is C13H22N4O2. The van der Waals surface area contributed by atoms with Crippen molar-refractivity contribution in [3.8, 4) is 0 Å². The first-order valence-electron chi connectivity index (χ1n) is 6.41. The number of nitrogens with one attached hydrogen (secondary N) is 2. The lowest BCUT2D eigenvalue weighted by molar-refractivity contribution is -0.142. The number of nitrogens with zero attached hydrogens (tertiary/aromatic N) is 2. The Morgan fingerprint density at radius 2 is 2.00 bits per heavy atom. The Kier molecular flexibility index (Phi) is 5.54. The molecule has 106 valence electrons. The zero-order valence-electron chi connectivity index (χ0n) is 12.2. The van der Waals surface area contributed by atoms with Crippen LogP contribution in [0.15, 0.2) is 6.33 Å². The van der Waals surface area contributed by atoms with Crippen molar-refractivity contribution in [1.29, 1.82) is 0 Å². The van der Waals surface area contributed by atoms with Crippen LogP contribution in [0.25, 0.3) is 0 Å². The fourth-order valence-corrected chi connectivity index (χ4v) is 1.86. The number of methoxy groups -OCH3 is 1. The van der Waals surface area contributed by atoms with E-state index in [1.807, 2.05) is 27.8 Å². The molecule has 6 heteroatoms. The molecule has 1 atom stereocenters. The Morgan fingerprint density at radius 3 is 2.47 bits per heavy atom. The molecule has 1 rings (SSSR count). The third-order valence-corrected chi connectivity index (χ3v) is 2.95. The molecule has 1 unspecified atom stereocenters. The normalized spacial score (nSPS) is 12.1. The highest BCUT2D eigenvalue weighted by Gasteiger charge is 2.24. The second-order valence-corrected chi connectivity index (χ2v) is 4.54. The summed E-state index contributed by atoms with van der Waals surface area (Å²) in [6.45, 7) is 5.94. The minimum Gasteiger partial charge on any atom is -0.467 e. The van der Waals surface area contributed by atoms with Gasteiger partial charge in [0, 0.05) is 12.6 Å². The lowest BCUT2D eigenvalue weighted by Crippen LogP contribution is -2.36. The van der Waals surface area contributed by atoms with Gasteiger partial charge >= 0.3 is 5.97 Å². The number of hydrogen-bond acceptors (Lipinski definition) is 6. The Morgan fingerprint density at radius 1 is 1.37 bits per heavy atom. The second-order valence-electron chi connectivity index (χ2n) is 4.54. The molecule has 0 spiro atoms. The maximum Gasteiger partial charge on any atom is 0.328 e. The highest BCUT2D eigenvalue weighted by Crippen LogP contribution is 2.22. The smallest absolute Gasteiger partial charge is 0.328 e.